The highest BCUT2D eigenvalue weighted by Gasteiger charge is 2.17. The van der Waals surface area contributed by atoms with Crippen LogP contribution in [0.5, 0.6) is 0 Å². The Bertz CT molecular complexity index is 444. The van der Waals surface area contributed by atoms with E-state index in [1.807, 2.05) is 0 Å². The summed E-state index contributed by atoms with van der Waals surface area (Å²) in [6.07, 6.45) is 2.41. The second-order valence-corrected chi connectivity index (χ2v) is 5.30. The molecule has 0 bridgehead atoms. The van der Waals surface area contributed by atoms with E-state index in [1.54, 1.807) is 18.2 Å². The fraction of sp³-hybridized carbons (Fsp3) is 0.533. The Kier molecular flexibility index (Phi) is 5.49. The molecule has 0 radical (unpaired) electrons. The van der Waals surface area contributed by atoms with E-state index in [0.29, 0.717) is 25.1 Å². The molecule has 0 aliphatic carbocycles. The summed E-state index contributed by atoms with van der Waals surface area (Å²) in [6.45, 7) is 2.63. The molecule has 1 aliphatic rings. The van der Waals surface area contributed by atoms with Gasteiger partial charge in [-0.15, -0.1) is 0 Å². The lowest BCUT2D eigenvalue weighted by Crippen LogP contribution is -2.44. The molecule has 1 aromatic carbocycles. The summed E-state index contributed by atoms with van der Waals surface area (Å²) in [5.74, 6) is -0.219. The molecule has 1 aliphatic heterocycles. The molecule has 1 aromatic rings. The third-order valence-corrected chi connectivity index (χ3v) is 3.67. The van der Waals surface area contributed by atoms with Crippen molar-refractivity contribution in [1.29, 1.82) is 0 Å². The molecule has 20 heavy (non-hydrogen) atoms. The molecule has 5 heteroatoms. The van der Waals surface area contributed by atoms with Gasteiger partial charge in [0, 0.05) is 25.7 Å². The third-order valence-electron chi connectivity index (χ3n) is 3.67. The molecule has 4 nitrogen and oxygen atoms in total. The van der Waals surface area contributed by atoms with Gasteiger partial charge in [0.25, 0.3) is 0 Å². The molecule has 1 saturated heterocycles. The first-order valence-electron chi connectivity index (χ1n) is 7.13. The molecule has 2 rings (SSSR count). The van der Waals surface area contributed by atoms with Crippen LogP contribution in [0.4, 0.5) is 4.39 Å². The summed E-state index contributed by atoms with van der Waals surface area (Å²) in [7, 11) is 0. The zero-order chi connectivity index (χ0) is 14.4. The van der Waals surface area contributed by atoms with E-state index < -0.39 is 0 Å². The SMILES string of the molecule is NC1CCN(CC(=O)NCCc2ccccc2F)CC1. The number of likely N-dealkylation sites (tertiary alicyclic amines) is 1. The van der Waals surface area contributed by atoms with Crippen LogP contribution in [0.15, 0.2) is 24.3 Å². The van der Waals surface area contributed by atoms with Gasteiger partial charge in [-0.2, -0.15) is 0 Å². The van der Waals surface area contributed by atoms with Gasteiger partial charge in [0.15, 0.2) is 0 Å². The molecule has 1 amide bonds. The number of carbonyl (C=O) groups is 1. The van der Waals surface area contributed by atoms with Gasteiger partial charge in [0.05, 0.1) is 6.54 Å². The quantitative estimate of drug-likeness (QED) is 0.842. The van der Waals surface area contributed by atoms with Gasteiger partial charge in [-0.3, -0.25) is 9.69 Å². The van der Waals surface area contributed by atoms with Gasteiger partial charge in [0.2, 0.25) is 5.91 Å². The van der Waals surface area contributed by atoms with E-state index in [2.05, 4.69) is 10.2 Å². The van der Waals surface area contributed by atoms with Crippen LogP contribution >= 0.6 is 0 Å². The summed E-state index contributed by atoms with van der Waals surface area (Å²) >= 11 is 0. The first kappa shape index (κ1) is 14.9. The van der Waals surface area contributed by atoms with Crippen LogP contribution in [0.2, 0.25) is 0 Å². The fourth-order valence-corrected chi connectivity index (χ4v) is 2.41. The maximum absolute atomic E-state index is 13.4. The number of rotatable bonds is 5. The number of benzene rings is 1. The highest BCUT2D eigenvalue weighted by atomic mass is 19.1. The van der Waals surface area contributed by atoms with Crippen LogP contribution < -0.4 is 11.1 Å². The normalized spacial score (nSPS) is 17.1. The van der Waals surface area contributed by atoms with Gasteiger partial charge in [-0.25, -0.2) is 4.39 Å². The minimum Gasteiger partial charge on any atom is -0.355 e. The molecular formula is C15H22FN3O. The topological polar surface area (TPSA) is 58.4 Å². The van der Waals surface area contributed by atoms with Crippen LogP contribution in [0.1, 0.15) is 18.4 Å². The van der Waals surface area contributed by atoms with Crippen molar-refractivity contribution in [3.63, 3.8) is 0 Å². The number of carbonyl (C=O) groups excluding carboxylic acids is 1. The van der Waals surface area contributed by atoms with Crippen LogP contribution in [-0.4, -0.2) is 43.0 Å². The van der Waals surface area contributed by atoms with Crippen LogP contribution in [0.25, 0.3) is 0 Å². The maximum Gasteiger partial charge on any atom is 0.234 e. The van der Waals surface area contributed by atoms with E-state index in [1.165, 1.54) is 6.07 Å². The van der Waals surface area contributed by atoms with Crippen molar-refractivity contribution in [2.24, 2.45) is 5.73 Å². The number of hydrogen-bond acceptors (Lipinski definition) is 3. The number of halogens is 1. The van der Waals surface area contributed by atoms with Crippen molar-refractivity contribution in [1.82, 2.24) is 10.2 Å². The predicted molar refractivity (Wildman–Crippen MR) is 76.8 cm³/mol. The highest BCUT2D eigenvalue weighted by Crippen LogP contribution is 2.08. The molecule has 110 valence electrons. The Balaban J connectivity index is 1.67. The minimum absolute atomic E-state index is 0.00295. The molecule has 0 aromatic heterocycles. The van der Waals surface area contributed by atoms with Crippen molar-refractivity contribution >= 4 is 5.91 Å². The van der Waals surface area contributed by atoms with Crippen molar-refractivity contribution in [2.75, 3.05) is 26.2 Å². The first-order chi connectivity index (χ1) is 9.65. The smallest absolute Gasteiger partial charge is 0.234 e. The Morgan fingerprint density at radius 2 is 2.05 bits per heavy atom. The van der Waals surface area contributed by atoms with Crippen LogP contribution in [-0.2, 0) is 11.2 Å². The molecule has 0 unspecified atom stereocenters. The molecule has 3 N–H and O–H groups in total. The van der Waals surface area contributed by atoms with Crippen LogP contribution in [0.3, 0.4) is 0 Å². The zero-order valence-corrected chi connectivity index (χ0v) is 11.6. The number of nitrogens with zero attached hydrogens (tertiary/aromatic N) is 1. The average molecular weight is 279 g/mol. The van der Waals surface area contributed by atoms with E-state index in [9.17, 15) is 9.18 Å². The lowest BCUT2D eigenvalue weighted by Gasteiger charge is -2.29. The maximum atomic E-state index is 13.4. The lowest BCUT2D eigenvalue weighted by molar-refractivity contribution is -0.122. The Labute approximate surface area is 119 Å². The summed E-state index contributed by atoms with van der Waals surface area (Å²) in [5.41, 5.74) is 6.46. The summed E-state index contributed by atoms with van der Waals surface area (Å²) in [6, 6.07) is 6.92. The monoisotopic (exact) mass is 279 g/mol. The van der Waals surface area contributed by atoms with E-state index in [4.69, 9.17) is 5.73 Å². The number of hydrogen-bond donors (Lipinski definition) is 2. The first-order valence-corrected chi connectivity index (χ1v) is 7.13. The Hall–Kier alpha value is -1.46. The van der Waals surface area contributed by atoms with Crippen molar-refractivity contribution < 1.29 is 9.18 Å². The lowest BCUT2D eigenvalue weighted by atomic mass is 10.1. The molecule has 0 saturated carbocycles. The summed E-state index contributed by atoms with van der Waals surface area (Å²) in [5, 5.41) is 2.84. The van der Waals surface area contributed by atoms with Gasteiger partial charge >= 0.3 is 0 Å². The van der Waals surface area contributed by atoms with Gasteiger partial charge in [-0.1, -0.05) is 18.2 Å². The van der Waals surface area contributed by atoms with Crippen molar-refractivity contribution in [3.05, 3.63) is 35.6 Å². The molecule has 1 heterocycles. The largest absolute Gasteiger partial charge is 0.355 e. The van der Waals surface area contributed by atoms with E-state index in [0.717, 1.165) is 25.9 Å². The standard InChI is InChI=1S/C15H22FN3O/c16-14-4-2-1-3-12(14)5-8-18-15(20)11-19-9-6-13(17)7-10-19/h1-4,13H,5-11,17H2,(H,18,20). The number of piperidine rings is 1. The predicted octanol–water partition coefficient (Wildman–Crippen LogP) is 0.907. The highest BCUT2D eigenvalue weighted by molar-refractivity contribution is 5.78. The van der Waals surface area contributed by atoms with Crippen molar-refractivity contribution in [2.45, 2.75) is 25.3 Å². The van der Waals surface area contributed by atoms with E-state index in [-0.39, 0.29) is 17.8 Å². The fourth-order valence-electron chi connectivity index (χ4n) is 2.41. The number of amides is 1. The van der Waals surface area contributed by atoms with E-state index >= 15 is 0 Å². The molecule has 0 spiro atoms. The Morgan fingerprint density at radius 1 is 1.35 bits per heavy atom. The van der Waals surface area contributed by atoms with Gasteiger partial charge in [0.1, 0.15) is 5.82 Å². The van der Waals surface area contributed by atoms with Crippen molar-refractivity contribution in [3.8, 4) is 0 Å². The summed E-state index contributed by atoms with van der Waals surface area (Å²) < 4.78 is 13.4. The second-order valence-electron chi connectivity index (χ2n) is 5.30. The molecule has 1 fully saturated rings. The average Bonchev–Trinajstić information content (AvgIpc) is 2.43. The minimum atomic E-state index is -0.216. The zero-order valence-electron chi connectivity index (χ0n) is 11.6. The number of nitrogens with one attached hydrogen (secondary N) is 1. The van der Waals surface area contributed by atoms with Gasteiger partial charge in [-0.05, 0) is 30.9 Å². The number of nitrogens with two attached hydrogens (primary N) is 1. The third kappa shape index (κ3) is 4.58. The molecular weight excluding hydrogens is 257 g/mol. The summed E-state index contributed by atoms with van der Waals surface area (Å²) in [4.78, 5) is 13.9. The van der Waals surface area contributed by atoms with Gasteiger partial charge < -0.3 is 11.1 Å². The second kappa shape index (κ2) is 7.36. The Morgan fingerprint density at radius 3 is 2.75 bits per heavy atom. The molecule has 0 atom stereocenters. The van der Waals surface area contributed by atoms with Crippen LogP contribution in [0, 0.1) is 5.82 Å².